The number of carbonyl (C=O) groups is 1. The predicted octanol–water partition coefficient (Wildman–Crippen LogP) is 4.97. The normalized spacial score (nSPS) is 12.9. The molecule has 0 saturated carbocycles. The Bertz CT molecular complexity index is 1210. The first-order valence-corrected chi connectivity index (χ1v) is 11.0. The van der Waals surface area contributed by atoms with Crippen molar-refractivity contribution in [3.63, 3.8) is 0 Å². The molecule has 2 amide bonds. The molecule has 0 unspecified atom stereocenters. The fourth-order valence-corrected chi connectivity index (χ4v) is 3.63. The Morgan fingerprint density at radius 1 is 1.15 bits per heavy atom. The van der Waals surface area contributed by atoms with Crippen LogP contribution >= 0.6 is 0 Å². The van der Waals surface area contributed by atoms with Gasteiger partial charge < -0.3 is 15.2 Å². The van der Waals surface area contributed by atoms with Crippen LogP contribution in [0.25, 0.3) is 22.4 Å². The lowest BCUT2D eigenvalue weighted by atomic mass is 10.0. The summed E-state index contributed by atoms with van der Waals surface area (Å²) < 4.78 is 5.08. The summed E-state index contributed by atoms with van der Waals surface area (Å²) in [6.07, 6.45) is 13.6. The van der Waals surface area contributed by atoms with E-state index in [0.717, 1.165) is 32.1 Å². The van der Waals surface area contributed by atoms with Crippen LogP contribution < -0.4 is 15.4 Å². The van der Waals surface area contributed by atoms with Crippen molar-refractivity contribution in [1.82, 2.24) is 20.3 Å². The molecule has 3 N–H and O–H groups in total. The Morgan fingerprint density at radius 2 is 2.06 bits per heavy atom. The van der Waals surface area contributed by atoms with E-state index in [2.05, 4.69) is 43.8 Å². The van der Waals surface area contributed by atoms with Gasteiger partial charge in [0.2, 0.25) is 0 Å². The van der Waals surface area contributed by atoms with Crippen molar-refractivity contribution in [3.8, 4) is 22.8 Å². The van der Waals surface area contributed by atoms with Gasteiger partial charge in [-0.3, -0.25) is 10.3 Å². The van der Waals surface area contributed by atoms with E-state index >= 15 is 0 Å². The first kappa shape index (κ1) is 22.3. The maximum Gasteiger partial charge on any atom is 0.320 e. The van der Waals surface area contributed by atoms with Crippen LogP contribution in [-0.4, -0.2) is 39.7 Å². The number of nitrogens with one attached hydrogen (secondary N) is 2. The van der Waals surface area contributed by atoms with Gasteiger partial charge in [0.1, 0.15) is 11.3 Å². The van der Waals surface area contributed by atoms with Crippen molar-refractivity contribution < 1.29 is 14.6 Å². The third kappa shape index (κ3) is 5.85. The zero-order chi connectivity index (χ0) is 23.0. The zero-order valence-electron chi connectivity index (χ0n) is 18.5. The Hall–Kier alpha value is -3.94. The van der Waals surface area contributed by atoms with E-state index in [1.807, 2.05) is 0 Å². The van der Waals surface area contributed by atoms with E-state index in [9.17, 15) is 9.90 Å². The standard InChI is InChI=1S/C25H27N5O3/c1-33-22-12-10-18(15-21(22)31)20-16-27-19-11-13-23(29-24(19)28-20)30-25(32)26-14-6-5-9-17-7-3-2-4-8-17/h3,7-8,10-13,15-16,31H,2,4-6,9,14H2,1H3,(H2,26,28,29,30,32). The molecule has 1 aliphatic carbocycles. The lowest BCUT2D eigenvalue weighted by Crippen LogP contribution is -2.29. The summed E-state index contributed by atoms with van der Waals surface area (Å²) in [6.45, 7) is 0.599. The number of anilines is 1. The maximum atomic E-state index is 12.2. The average molecular weight is 446 g/mol. The Labute approximate surface area is 192 Å². The number of hydrogen-bond acceptors (Lipinski definition) is 6. The number of aromatic nitrogens is 3. The van der Waals surface area contributed by atoms with E-state index in [1.165, 1.54) is 12.7 Å². The smallest absolute Gasteiger partial charge is 0.320 e. The fourth-order valence-electron chi connectivity index (χ4n) is 3.63. The summed E-state index contributed by atoms with van der Waals surface area (Å²) >= 11 is 0. The molecule has 0 bridgehead atoms. The van der Waals surface area contributed by atoms with E-state index in [4.69, 9.17) is 4.74 Å². The molecule has 170 valence electrons. The lowest BCUT2D eigenvalue weighted by molar-refractivity contribution is 0.252. The summed E-state index contributed by atoms with van der Waals surface area (Å²) in [6, 6.07) is 8.15. The van der Waals surface area contributed by atoms with Crippen molar-refractivity contribution in [2.24, 2.45) is 0 Å². The number of rotatable bonds is 8. The van der Waals surface area contributed by atoms with Crippen LogP contribution in [0.1, 0.15) is 32.1 Å². The van der Waals surface area contributed by atoms with Crippen molar-refractivity contribution in [3.05, 3.63) is 60.3 Å². The summed E-state index contributed by atoms with van der Waals surface area (Å²) in [4.78, 5) is 25.6. The van der Waals surface area contributed by atoms with Gasteiger partial charge in [0.15, 0.2) is 17.1 Å². The minimum absolute atomic E-state index is 0.0175. The molecule has 8 heteroatoms. The molecule has 0 radical (unpaired) electrons. The van der Waals surface area contributed by atoms with E-state index in [0.29, 0.717) is 40.5 Å². The molecule has 0 atom stereocenters. The van der Waals surface area contributed by atoms with Gasteiger partial charge in [-0.2, -0.15) is 0 Å². The molecular formula is C25H27N5O3. The Balaban J connectivity index is 1.34. The van der Waals surface area contributed by atoms with Crippen molar-refractivity contribution in [2.75, 3.05) is 19.0 Å². The number of phenolic OH excluding ortho intramolecular Hbond substituents is 1. The molecule has 4 rings (SSSR count). The first-order chi connectivity index (χ1) is 16.1. The summed E-state index contributed by atoms with van der Waals surface area (Å²) in [5, 5.41) is 15.6. The molecule has 0 saturated heterocycles. The van der Waals surface area contributed by atoms with Crippen molar-refractivity contribution in [2.45, 2.75) is 32.1 Å². The van der Waals surface area contributed by atoms with Gasteiger partial charge in [-0.1, -0.05) is 23.8 Å². The van der Waals surface area contributed by atoms with Gasteiger partial charge in [0, 0.05) is 12.1 Å². The largest absolute Gasteiger partial charge is 0.504 e. The number of nitrogens with zero attached hydrogens (tertiary/aromatic N) is 3. The SMILES string of the molecule is COc1ccc(-c2cnc3ccc(NC(=O)NCCCCC4=CCCC=C4)nc3n2)cc1O. The number of fused-ring (bicyclic) bond motifs is 1. The Kier molecular flexibility index (Phi) is 7.14. The minimum atomic E-state index is -0.303. The van der Waals surface area contributed by atoms with Gasteiger partial charge in [-0.25, -0.2) is 14.8 Å². The second-order valence-electron chi connectivity index (χ2n) is 7.78. The van der Waals surface area contributed by atoms with Crippen molar-refractivity contribution in [1.29, 1.82) is 0 Å². The summed E-state index contributed by atoms with van der Waals surface area (Å²) in [5.41, 5.74) is 3.62. The predicted molar refractivity (Wildman–Crippen MR) is 128 cm³/mol. The number of urea groups is 1. The van der Waals surface area contributed by atoms with Crippen LogP contribution in [0.5, 0.6) is 11.5 Å². The number of aromatic hydroxyl groups is 1. The number of methoxy groups -OCH3 is 1. The summed E-state index contributed by atoms with van der Waals surface area (Å²) in [5.74, 6) is 0.788. The highest BCUT2D eigenvalue weighted by Crippen LogP contribution is 2.30. The number of pyridine rings is 1. The van der Waals surface area contributed by atoms with Gasteiger partial charge in [-0.05, 0) is 62.4 Å². The van der Waals surface area contributed by atoms with Crippen LogP contribution in [-0.2, 0) is 0 Å². The van der Waals surface area contributed by atoms with Gasteiger partial charge in [-0.15, -0.1) is 0 Å². The monoisotopic (exact) mass is 445 g/mol. The highest BCUT2D eigenvalue weighted by molar-refractivity contribution is 5.89. The average Bonchev–Trinajstić information content (AvgIpc) is 2.84. The number of hydrogen-bond donors (Lipinski definition) is 3. The van der Waals surface area contributed by atoms with E-state index in [-0.39, 0.29) is 11.8 Å². The van der Waals surface area contributed by atoms with Crippen LogP contribution in [0, 0.1) is 0 Å². The summed E-state index contributed by atoms with van der Waals surface area (Å²) in [7, 11) is 1.49. The second-order valence-corrected chi connectivity index (χ2v) is 7.78. The fraction of sp³-hybridized carbons (Fsp3) is 0.280. The molecule has 33 heavy (non-hydrogen) atoms. The van der Waals surface area contributed by atoms with Gasteiger partial charge >= 0.3 is 6.03 Å². The van der Waals surface area contributed by atoms with Crippen molar-refractivity contribution >= 4 is 23.0 Å². The van der Waals surface area contributed by atoms with Crippen LogP contribution in [0.15, 0.2) is 60.3 Å². The highest BCUT2D eigenvalue weighted by Gasteiger charge is 2.09. The Morgan fingerprint density at radius 3 is 2.85 bits per heavy atom. The molecule has 0 fully saturated rings. The molecule has 2 heterocycles. The molecule has 8 nitrogen and oxygen atoms in total. The number of carbonyl (C=O) groups excluding carboxylic acids is 1. The molecule has 1 aliphatic rings. The number of amides is 2. The lowest BCUT2D eigenvalue weighted by Gasteiger charge is -2.09. The third-order valence-electron chi connectivity index (χ3n) is 5.37. The zero-order valence-corrected chi connectivity index (χ0v) is 18.5. The number of allylic oxidation sites excluding steroid dienone is 4. The molecule has 3 aromatic rings. The van der Waals surface area contributed by atoms with E-state index in [1.54, 1.807) is 36.5 Å². The first-order valence-electron chi connectivity index (χ1n) is 11.0. The number of unbranched alkanes of at least 4 members (excludes halogenated alkanes) is 1. The third-order valence-corrected chi connectivity index (χ3v) is 5.37. The number of phenols is 1. The number of benzene rings is 1. The van der Waals surface area contributed by atoms with Crippen LogP contribution in [0.2, 0.25) is 0 Å². The number of ether oxygens (including phenoxy) is 1. The van der Waals surface area contributed by atoms with Gasteiger partial charge in [0.05, 0.1) is 19.0 Å². The van der Waals surface area contributed by atoms with Crippen LogP contribution in [0.4, 0.5) is 10.6 Å². The minimum Gasteiger partial charge on any atom is -0.504 e. The molecule has 1 aromatic carbocycles. The maximum absolute atomic E-state index is 12.2. The highest BCUT2D eigenvalue weighted by atomic mass is 16.5. The topological polar surface area (TPSA) is 109 Å². The molecule has 2 aromatic heterocycles. The molecular weight excluding hydrogens is 418 g/mol. The molecule has 0 spiro atoms. The quantitative estimate of drug-likeness (QED) is 0.422. The molecule has 0 aliphatic heterocycles. The van der Waals surface area contributed by atoms with Crippen LogP contribution in [0.3, 0.4) is 0 Å². The second kappa shape index (κ2) is 10.6. The van der Waals surface area contributed by atoms with Gasteiger partial charge in [0.25, 0.3) is 0 Å². The van der Waals surface area contributed by atoms with E-state index < -0.39 is 0 Å².